The van der Waals surface area contributed by atoms with E-state index in [0.29, 0.717) is 5.75 Å². The number of carbonyl (C=O) groups excluding carboxylic acids is 2. The van der Waals surface area contributed by atoms with Crippen molar-refractivity contribution >= 4 is 11.8 Å². The van der Waals surface area contributed by atoms with E-state index in [1.165, 1.54) is 6.08 Å². The van der Waals surface area contributed by atoms with Crippen molar-refractivity contribution in [1.82, 2.24) is 10.9 Å². The van der Waals surface area contributed by atoms with E-state index in [1.807, 2.05) is 55.5 Å². The van der Waals surface area contributed by atoms with Gasteiger partial charge in [-0.3, -0.25) is 20.4 Å². The summed E-state index contributed by atoms with van der Waals surface area (Å²) in [7, 11) is 0. The van der Waals surface area contributed by atoms with Gasteiger partial charge >= 0.3 is 0 Å². The van der Waals surface area contributed by atoms with Gasteiger partial charge in [-0.1, -0.05) is 66.8 Å². The number of allylic oxidation sites excluding steroid dienone is 3. The van der Waals surface area contributed by atoms with Gasteiger partial charge in [-0.25, -0.2) is 0 Å². The summed E-state index contributed by atoms with van der Waals surface area (Å²) in [5.41, 5.74) is 6.48. The fourth-order valence-electron chi connectivity index (χ4n) is 2.06. The van der Waals surface area contributed by atoms with Crippen molar-refractivity contribution in [2.45, 2.75) is 6.92 Å². The number of ether oxygens (including phenoxy) is 1. The molecule has 0 aliphatic heterocycles. The van der Waals surface area contributed by atoms with Crippen LogP contribution in [0.5, 0.6) is 5.75 Å². The van der Waals surface area contributed by atoms with Crippen LogP contribution in [0.25, 0.3) is 11.1 Å². The maximum Gasteiger partial charge on any atom is 0.276 e. The molecule has 0 aliphatic carbocycles. The zero-order chi connectivity index (χ0) is 17.9. The maximum atomic E-state index is 11.8. The summed E-state index contributed by atoms with van der Waals surface area (Å²) in [6.45, 7) is 1.64. The molecule has 0 unspecified atom stereocenters. The zero-order valence-corrected chi connectivity index (χ0v) is 13.9. The molecule has 0 spiro atoms. The highest BCUT2D eigenvalue weighted by atomic mass is 16.5. The van der Waals surface area contributed by atoms with Crippen LogP contribution in [0.15, 0.2) is 78.9 Å². The number of hydrazine groups is 1. The molecule has 5 heteroatoms. The number of hydrogen-bond donors (Lipinski definition) is 2. The van der Waals surface area contributed by atoms with Gasteiger partial charge in [0.05, 0.1) is 0 Å². The summed E-state index contributed by atoms with van der Waals surface area (Å²) in [5, 5.41) is 0. The average Bonchev–Trinajstić information content (AvgIpc) is 2.66. The molecule has 0 radical (unpaired) electrons. The maximum absolute atomic E-state index is 11.8. The van der Waals surface area contributed by atoms with Crippen molar-refractivity contribution in [1.29, 1.82) is 0 Å². The Balaban J connectivity index is 1.89. The van der Waals surface area contributed by atoms with Crippen LogP contribution >= 0.6 is 0 Å². The number of amides is 2. The fourth-order valence-corrected chi connectivity index (χ4v) is 2.06. The minimum Gasteiger partial charge on any atom is -0.483 e. The lowest BCUT2D eigenvalue weighted by Crippen LogP contribution is -2.43. The van der Waals surface area contributed by atoms with Crippen molar-refractivity contribution < 1.29 is 14.3 Å². The summed E-state index contributed by atoms with van der Waals surface area (Å²) in [5.74, 6) is -0.269. The highest BCUT2D eigenvalue weighted by Gasteiger charge is 2.08. The van der Waals surface area contributed by atoms with Crippen LogP contribution in [-0.2, 0) is 9.59 Å². The van der Waals surface area contributed by atoms with Gasteiger partial charge in [0.25, 0.3) is 11.8 Å². The second-order valence-corrected chi connectivity index (χ2v) is 5.07. The van der Waals surface area contributed by atoms with Gasteiger partial charge in [0, 0.05) is 11.6 Å². The smallest absolute Gasteiger partial charge is 0.276 e. The lowest BCUT2D eigenvalue weighted by Gasteiger charge is -2.11. The lowest BCUT2D eigenvalue weighted by atomic mass is 10.1. The molecular formula is C20H20N2O3. The van der Waals surface area contributed by atoms with Crippen molar-refractivity contribution in [3.8, 4) is 16.9 Å². The molecule has 0 aliphatic rings. The fraction of sp³-hybridized carbons (Fsp3) is 0.100. The lowest BCUT2D eigenvalue weighted by molar-refractivity contribution is -0.128. The van der Waals surface area contributed by atoms with Gasteiger partial charge in [0.1, 0.15) is 5.75 Å². The topological polar surface area (TPSA) is 67.4 Å². The molecule has 0 bridgehead atoms. The van der Waals surface area contributed by atoms with Crippen LogP contribution in [0.2, 0.25) is 0 Å². The van der Waals surface area contributed by atoms with Crippen LogP contribution in [0, 0.1) is 0 Å². The molecule has 5 nitrogen and oxygen atoms in total. The Morgan fingerprint density at radius 3 is 2.44 bits per heavy atom. The van der Waals surface area contributed by atoms with Gasteiger partial charge in [0.2, 0.25) is 0 Å². The van der Waals surface area contributed by atoms with Crippen LogP contribution in [0.1, 0.15) is 6.92 Å². The zero-order valence-electron chi connectivity index (χ0n) is 13.9. The minimum atomic E-state index is -0.448. The number of carbonyl (C=O) groups is 2. The molecule has 2 aromatic rings. The highest BCUT2D eigenvalue weighted by Crippen LogP contribution is 2.29. The van der Waals surface area contributed by atoms with Crippen LogP contribution < -0.4 is 15.6 Å². The van der Waals surface area contributed by atoms with Crippen LogP contribution in [0.3, 0.4) is 0 Å². The molecular weight excluding hydrogens is 316 g/mol. The molecule has 2 rings (SSSR count). The molecule has 128 valence electrons. The Kier molecular flexibility index (Phi) is 7.00. The molecule has 2 N–H and O–H groups in total. The number of benzene rings is 2. The Hall–Kier alpha value is -3.34. The predicted molar refractivity (Wildman–Crippen MR) is 97.6 cm³/mol. The number of para-hydroxylation sites is 1. The summed E-state index contributed by atoms with van der Waals surface area (Å²) < 4.78 is 5.59. The van der Waals surface area contributed by atoms with E-state index < -0.39 is 11.8 Å². The van der Waals surface area contributed by atoms with Crippen molar-refractivity contribution in [2.75, 3.05) is 6.61 Å². The molecule has 0 atom stereocenters. The molecule has 25 heavy (non-hydrogen) atoms. The van der Waals surface area contributed by atoms with Gasteiger partial charge < -0.3 is 4.74 Å². The van der Waals surface area contributed by atoms with Gasteiger partial charge in [0.15, 0.2) is 6.61 Å². The third-order valence-electron chi connectivity index (χ3n) is 3.21. The molecule has 2 aromatic carbocycles. The molecule has 2 amide bonds. The van der Waals surface area contributed by atoms with E-state index in [4.69, 9.17) is 4.74 Å². The molecule has 0 saturated carbocycles. The molecule has 0 fully saturated rings. The SMILES string of the molecule is C/C=C/C=C/C(=O)NNC(=O)COc1ccccc1-c1ccccc1. The summed E-state index contributed by atoms with van der Waals surface area (Å²) in [6, 6.07) is 17.2. The summed E-state index contributed by atoms with van der Waals surface area (Å²) in [6.07, 6.45) is 6.39. The van der Waals surface area contributed by atoms with E-state index in [0.717, 1.165) is 11.1 Å². The summed E-state index contributed by atoms with van der Waals surface area (Å²) >= 11 is 0. The number of nitrogens with one attached hydrogen (secondary N) is 2. The van der Waals surface area contributed by atoms with Crippen LogP contribution in [-0.4, -0.2) is 18.4 Å². The Morgan fingerprint density at radius 1 is 0.960 bits per heavy atom. The van der Waals surface area contributed by atoms with E-state index in [1.54, 1.807) is 24.3 Å². The first-order valence-corrected chi connectivity index (χ1v) is 7.86. The number of hydrogen-bond acceptors (Lipinski definition) is 3. The van der Waals surface area contributed by atoms with E-state index in [9.17, 15) is 9.59 Å². The first-order chi connectivity index (χ1) is 12.2. The molecule has 0 aromatic heterocycles. The van der Waals surface area contributed by atoms with Gasteiger partial charge in [-0.2, -0.15) is 0 Å². The largest absolute Gasteiger partial charge is 0.483 e. The van der Waals surface area contributed by atoms with Gasteiger partial charge in [-0.15, -0.1) is 0 Å². The van der Waals surface area contributed by atoms with E-state index >= 15 is 0 Å². The molecule has 0 heterocycles. The Morgan fingerprint density at radius 2 is 1.68 bits per heavy atom. The highest BCUT2D eigenvalue weighted by molar-refractivity contribution is 5.90. The number of rotatable bonds is 6. The summed E-state index contributed by atoms with van der Waals surface area (Å²) in [4.78, 5) is 23.3. The van der Waals surface area contributed by atoms with Crippen LogP contribution in [0.4, 0.5) is 0 Å². The Labute approximate surface area is 147 Å². The predicted octanol–water partition coefficient (Wildman–Crippen LogP) is 3.01. The van der Waals surface area contributed by atoms with Crippen molar-refractivity contribution in [2.24, 2.45) is 0 Å². The molecule has 0 saturated heterocycles. The van der Waals surface area contributed by atoms with Gasteiger partial charge in [-0.05, 0) is 18.6 Å². The van der Waals surface area contributed by atoms with E-state index in [-0.39, 0.29) is 6.61 Å². The first kappa shape index (κ1) is 18.0. The quantitative estimate of drug-likeness (QED) is 0.484. The Bertz CT molecular complexity index is 768. The second kappa shape index (κ2) is 9.72. The standard InChI is InChI=1S/C20H20N2O3/c1-2-3-5-14-19(23)21-22-20(24)15-25-18-13-9-8-12-17(18)16-10-6-4-7-11-16/h2-14H,15H2,1H3,(H,21,23)(H,22,24)/b3-2+,14-5+. The van der Waals surface area contributed by atoms with E-state index in [2.05, 4.69) is 10.9 Å². The third-order valence-corrected chi connectivity index (χ3v) is 3.21. The third kappa shape index (κ3) is 5.99. The average molecular weight is 336 g/mol. The monoisotopic (exact) mass is 336 g/mol. The minimum absolute atomic E-state index is 0.206. The first-order valence-electron chi connectivity index (χ1n) is 7.86. The van der Waals surface area contributed by atoms with Crippen molar-refractivity contribution in [3.05, 3.63) is 78.9 Å². The second-order valence-electron chi connectivity index (χ2n) is 5.07. The van der Waals surface area contributed by atoms with Crippen molar-refractivity contribution in [3.63, 3.8) is 0 Å². The normalized spacial score (nSPS) is 10.8.